The number of nitrogens with zero attached hydrogens (tertiary/aromatic N) is 3. The third kappa shape index (κ3) is 2.97. The summed E-state index contributed by atoms with van der Waals surface area (Å²) in [6.07, 6.45) is 0.826. The number of hydrogen-bond acceptors (Lipinski definition) is 3. The predicted octanol–water partition coefficient (Wildman–Crippen LogP) is 1.89. The summed E-state index contributed by atoms with van der Waals surface area (Å²) in [6, 6.07) is 7.05. The van der Waals surface area contributed by atoms with E-state index in [0.29, 0.717) is 24.3 Å². The molecule has 0 saturated heterocycles. The Hall–Kier alpha value is -2.63. The van der Waals surface area contributed by atoms with E-state index in [1.54, 1.807) is 24.3 Å². The average Bonchev–Trinajstić information content (AvgIpc) is 2.80. The topological polar surface area (TPSA) is 67.2 Å². The monoisotopic (exact) mass is 312 g/mol. The van der Waals surface area contributed by atoms with Crippen molar-refractivity contribution in [2.75, 3.05) is 11.9 Å². The van der Waals surface area contributed by atoms with Gasteiger partial charge in [0.1, 0.15) is 0 Å². The van der Waals surface area contributed by atoms with Crippen molar-refractivity contribution in [1.82, 2.24) is 14.7 Å². The summed E-state index contributed by atoms with van der Waals surface area (Å²) in [4.78, 5) is 25.7. The summed E-state index contributed by atoms with van der Waals surface area (Å²) >= 11 is 0. The van der Waals surface area contributed by atoms with Gasteiger partial charge in [-0.25, -0.2) is 0 Å². The molecule has 23 heavy (non-hydrogen) atoms. The van der Waals surface area contributed by atoms with Gasteiger partial charge in [0.2, 0.25) is 5.91 Å². The van der Waals surface area contributed by atoms with E-state index in [-0.39, 0.29) is 11.8 Å². The van der Waals surface area contributed by atoms with Gasteiger partial charge in [0.15, 0.2) is 0 Å². The van der Waals surface area contributed by atoms with Crippen LogP contribution >= 0.6 is 0 Å². The highest BCUT2D eigenvalue weighted by atomic mass is 16.2. The fraction of sp³-hybridized carbons (Fsp3) is 0.353. The molecule has 1 aromatic heterocycles. The van der Waals surface area contributed by atoms with E-state index in [0.717, 1.165) is 17.8 Å². The molecule has 0 fully saturated rings. The lowest BCUT2D eigenvalue weighted by Gasteiger charge is -2.27. The Morgan fingerprint density at radius 1 is 1.30 bits per heavy atom. The molecule has 2 heterocycles. The molecule has 0 unspecified atom stereocenters. The van der Waals surface area contributed by atoms with E-state index in [1.807, 2.05) is 23.6 Å². The van der Waals surface area contributed by atoms with E-state index in [1.165, 1.54) is 12.5 Å². The van der Waals surface area contributed by atoms with Crippen LogP contribution in [0.3, 0.4) is 0 Å². The van der Waals surface area contributed by atoms with Crippen LogP contribution in [0, 0.1) is 6.92 Å². The molecule has 0 saturated carbocycles. The number of carbonyl (C=O) groups excluding carboxylic acids is 2. The van der Waals surface area contributed by atoms with Gasteiger partial charge in [0.25, 0.3) is 5.91 Å². The number of benzene rings is 1. The largest absolute Gasteiger partial charge is 0.332 e. The predicted molar refractivity (Wildman–Crippen MR) is 87.1 cm³/mol. The molecule has 6 nitrogen and oxygen atoms in total. The third-order valence-corrected chi connectivity index (χ3v) is 4.17. The Morgan fingerprint density at radius 3 is 2.83 bits per heavy atom. The van der Waals surface area contributed by atoms with Gasteiger partial charge in [-0.05, 0) is 37.1 Å². The SMILES string of the molecule is CC(=O)Nc1cccc(C(=O)N2CCc3c(C)nn(C)c3C2)c1. The zero-order valence-corrected chi connectivity index (χ0v) is 13.6. The summed E-state index contributed by atoms with van der Waals surface area (Å²) in [7, 11) is 1.91. The van der Waals surface area contributed by atoms with Crippen LogP contribution in [0.25, 0.3) is 0 Å². The van der Waals surface area contributed by atoms with Crippen molar-refractivity contribution >= 4 is 17.5 Å². The van der Waals surface area contributed by atoms with Crippen molar-refractivity contribution in [3.8, 4) is 0 Å². The van der Waals surface area contributed by atoms with Crippen LogP contribution in [-0.2, 0) is 24.8 Å². The highest BCUT2D eigenvalue weighted by molar-refractivity contribution is 5.96. The maximum absolute atomic E-state index is 12.7. The number of carbonyl (C=O) groups is 2. The molecule has 0 radical (unpaired) electrons. The van der Waals surface area contributed by atoms with Crippen LogP contribution in [0.15, 0.2) is 24.3 Å². The van der Waals surface area contributed by atoms with Crippen molar-refractivity contribution in [3.05, 3.63) is 46.8 Å². The van der Waals surface area contributed by atoms with Crippen molar-refractivity contribution in [3.63, 3.8) is 0 Å². The van der Waals surface area contributed by atoms with Gasteiger partial charge in [0.05, 0.1) is 17.9 Å². The molecule has 1 aromatic carbocycles. The maximum Gasteiger partial charge on any atom is 0.254 e. The molecule has 120 valence electrons. The Balaban J connectivity index is 1.82. The molecule has 2 amide bonds. The number of anilines is 1. The second kappa shape index (κ2) is 5.87. The first-order chi connectivity index (χ1) is 11.0. The lowest BCUT2D eigenvalue weighted by atomic mass is 10.0. The number of nitrogens with one attached hydrogen (secondary N) is 1. The molecular weight excluding hydrogens is 292 g/mol. The van der Waals surface area contributed by atoms with Crippen molar-refractivity contribution < 1.29 is 9.59 Å². The van der Waals surface area contributed by atoms with E-state index in [9.17, 15) is 9.59 Å². The molecular formula is C17H20N4O2. The maximum atomic E-state index is 12.7. The first kappa shape index (κ1) is 15.3. The lowest BCUT2D eigenvalue weighted by Crippen LogP contribution is -2.36. The summed E-state index contributed by atoms with van der Waals surface area (Å²) in [6.45, 7) is 4.71. The quantitative estimate of drug-likeness (QED) is 0.921. The van der Waals surface area contributed by atoms with Crippen LogP contribution in [0.2, 0.25) is 0 Å². The van der Waals surface area contributed by atoms with Gasteiger partial charge in [-0.2, -0.15) is 5.10 Å². The molecule has 1 N–H and O–H groups in total. The Labute approximate surface area is 135 Å². The first-order valence-corrected chi connectivity index (χ1v) is 7.64. The molecule has 3 rings (SSSR count). The standard InChI is InChI=1S/C17H20N4O2/c1-11-15-7-8-21(10-16(15)20(3)19-11)17(23)13-5-4-6-14(9-13)18-12(2)22/h4-6,9H,7-8,10H2,1-3H3,(H,18,22). The number of rotatable bonds is 2. The third-order valence-electron chi connectivity index (χ3n) is 4.17. The Morgan fingerprint density at radius 2 is 2.09 bits per heavy atom. The number of aromatic nitrogens is 2. The van der Waals surface area contributed by atoms with Gasteiger partial charge in [-0.3, -0.25) is 14.3 Å². The Bertz CT molecular complexity index is 779. The van der Waals surface area contributed by atoms with Crippen molar-refractivity contribution in [2.45, 2.75) is 26.8 Å². The number of fused-ring (bicyclic) bond motifs is 1. The zero-order valence-electron chi connectivity index (χ0n) is 13.6. The van der Waals surface area contributed by atoms with E-state index in [4.69, 9.17) is 0 Å². The van der Waals surface area contributed by atoms with Crippen LogP contribution in [0.1, 0.15) is 34.2 Å². The van der Waals surface area contributed by atoms with Gasteiger partial charge in [0, 0.05) is 31.8 Å². The molecule has 0 spiro atoms. The van der Waals surface area contributed by atoms with Crippen molar-refractivity contribution in [2.24, 2.45) is 7.05 Å². The highest BCUT2D eigenvalue weighted by Crippen LogP contribution is 2.23. The molecule has 1 aliphatic heterocycles. The minimum Gasteiger partial charge on any atom is -0.332 e. The number of amides is 2. The van der Waals surface area contributed by atoms with Gasteiger partial charge in [-0.15, -0.1) is 0 Å². The summed E-state index contributed by atoms with van der Waals surface area (Å²) in [5.41, 5.74) is 4.61. The molecule has 1 aliphatic rings. The van der Waals surface area contributed by atoms with Crippen LogP contribution in [0.5, 0.6) is 0 Å². The van der Waals surface area contributed by atoms with Crippen LogP contribution in [-0.4, -0.2) is 33.0 Å². The Kier molecular flexibility index (Phi) is 3.90. The normalized spacial score (nSPS) is 13.6. The van der Waals surface area contributed by atoms with Crippen molar-refractivity contribution in [1.29, 1.82) is 0 Å². The van der Waals surface area contributed by atoms with Gasteiger partial charge < -0.3 is 10.2 Å². The summed E-state index contributed by atoms with van der Waals surface area (Å²) in [5, 5.41) is 7.14. The van der Waals surface area contributed by atoms with Gasteiger partial charge >= 0.3 is 0 Å². The molecule has 0 aliphatic carbocycles. The minimum atomic E-state index is -0.150. The summed E-state index contributed by atoms with van der Waals surface area (Å²) in [5.74, 6) is -0.177. The number of hydrogen-bond donors (Lipinski definition) is 1. The number of aryl methyl sites for hydroxylation is 2. The smallest absolute Gasteiger partial charge is 0.254 e. The first-order valence-electron chi connectivity index (χ1n) is 7.64. The minimum absolute atomic E-state index is 0.0262. The fourth-order valence-electron chi connectivity index (χ4n) is 3.07. The second-order valence-electron chi connectivity index (χ2n) is 5.87. The van der Waals surface area contributed by atoms with E-state index < -0.39 is 0 Å². The van der Waals surface area contributed by atoms with Crippen LogP contribution in [0.4, 0.5) is 5.69 Å². The van der Waals surface area contributed by atoms with E-state index in [2.05, 4.69) is 10.4 Å². The zero-order chi connectivity index (χ0) is 16.6. The summed E-state index contributed by atoms with van der Waals surface area (Å²) < 4.78 is 1.86. The molecule has 6 heteroatoms. The molecule has 2 aromatic rings. The fourth-order valence-corrected chi connectivity index (χ4v) is 3.07. The molecule has 0 atom stereocenters. The average molecular weight is 312 g/mol. The van der Waals surface area contributed by atoms with Gasteiger partial charge in [-0.1, -0.05) is 6.07 Å². The highest BCUT2D eigenvalue weighted by Gasteiger charge is 2.26. The second-order valence-corrected chi connectivity index (χ2v) is 5.87. The van der Waals surface area contributed by atoms with E-state index >= 15 is 0 Å². The molecule has 0 bridgehead atoms. The lowest BCUT2D eigenvalue weighted by molar-refractivity contribution is -0.114. The van der Waals surface area contributed by atoms with Crippen LogP contribution < -0.4 is 5.32 Å².